The first-order valence-electron chi connectivity index (χ1n) is 12.2. The Morgan fingerprint density at radius 1 is 0.889 bits per heavy atom. The quantitative estimate of drug-likeness (QED) is 0.299. The molecule has 1 aromatic heterocycles. The number of benzene rings is 3. The van der Waals surface area contributed by atoms with Gasteiger partial charge in [0, 0.05) is 47.5 Å². The molecule has 5 rings (SSSR count). The van der Waals surface area contributed by atoms with Gasteiger partial charge in [0.1, 0.15) is 17.4 Å². The molecule has 1 aliphatic heterocycles. The van der Waals surface area contributed by atoms with Crippen molar-refractivity contribution in [3.05, 3.63) is 89.4 Å². The van der Waals surface area contributed by atoms with Crippen molar-refractivity contribution in [1.82, 2.24) is 9.97 Å². The molecule has 0 spiro atoms. The lowest BCUT2D eigenvalue weighted by atomic mass is 10.1. The van der Waals surface area contributed by atoms with Crippen molar-refractivity contribution in [2.45, 2.75) is 32.9 Å². The fraction of sp³-hybridized carbons (Fsp3) is 0.241. The van der Waals surface area contributed by atoms with Crippen LogP contribution in [0.5, 0.6) is 5.75 Å². The number of anilines is 4. The summed E-state index contributed by atoms with van der Waals surface area (Å²) in [7, 11) is 0. The van der Waals surface area contributed by atoms with E-state index in [2.05, 4.69) is 72.3 Å². The van der Waals surface area contributed by atoms with Gasteiger partial charge in [-0.05, 0) is 56.7 Å². The van der Waals surface area contributed by atoms with E-state index in [9.17, 15) is 5.11 Å². The Morgan fingerprint density at radius 3 is 2.31 bits per heavy atom. The SMILES string of the molecule is Cc1ccccc1-c1nc(Nc2cc(Cl)ccc2O)cc(N2CC(C)N(c3ccccc3)C(C)C2)n1. The molecule has 2 unspecified atom stereocenters. The van der Waals surface area contributed by atoms with Gasteiger partial charge in [0.15, 0.2) is 5.82 Å². The van der Waals surface area contributed by atoms with Crippen LogP contribution in [0.2, 0.25) is 5.02 Å². The Hall–Kier alpha value is -3.77. The summed E-state index contributed by atoms with van der Waals surface area (Å²) < 4.78 is 0. The van der Waals surface area contributed by atoms with Crippen molar-refractivity contribution in [3.63, 3.8) is 0 Å². The number of aromatic hydroxyl groups is 1. The Bertz CT molecular complexity index is 1350. The van der Waals surface area contributed by atoms with E-state index in [1.54, 1.807) is 18.2 Å². The summed E-state index contributed by atoms with van der Waals surface area (Å²) in [5.74, 6) is 2.19. The average Bonchev–Trinajstić information content (AvgIpc) is 2.86. The zero-order chi connectivity index (χ0) is 25.2. The van der Waals surface area contributed by atoms with E-state index in [-0.39, 0.29) is 5.75 Å². The number of phenolic OH excluding ortho intramolecular Hbond substituents is 1. The van der Waals surface area contributed by atoms with E-state index in [4.69, 9.17) is 21.6 Å². The Balaban J connectivity index is 1.52. The molecule has 4 aromatic rings. The fourth-order valence-electron chi connectivity index (χ4n) is 4.97. The molecular weight excluding hydrogens is 470 g/mol. The molecule has 0 radical (unpaired) electrons. The van der Waals surface area contributed by atoms with Gasteiger partial charge in [0.05, 0.1) is 5.69 Å². The Labute approximate surface area is 217 Å². The molecule has 1 saturated heterocycles. The first kappa shape index (κ1) is 23.9. The van der Waals surface area contributed by atoms with Crippen molar-refractivity contribution in [3.8, 4) is 17.1 Å². The van der Waals surface area contributed by atoms with Crippen LogP contribution in [0.25, 0.3) is 11.4 Å². The van der Waals surface area contributed by atoms with E-state index < -0.39 is 0 Å². The Kier molecular flexibility index (Phi) is 6.70. The molecule has 0 bridgehead atoms. The van der Waals surface area contributed by atoms with E-state index in [0.29, 0.717) is 34.4 Å². The highest BCUT2D eigenvalue weighted by atomic mass is 35.5. The maximum atomic E-state index is 10.4. The third kappa shape index (κ3) is 4.95. The van der Waals surface area contributed by atoms with E-state index in [0.717, 1.165) is 30.0 Å². The molecular formula is C29H30ClN5O. The fourth-order valence-corrected chi connectivity index (χ4v) is 5.14. The molecule has 6 nitrogen and oxygen atoms in total. The number of aryl methyl sites for hydroxylation is 1. The summed E-state index contributed by atoms with van der Waals surface area (Å²) in [6.45, 7) is 8.21. The summed E-state index contributed by atoms with van der Waals surface area (Å²) in [5, 5.41) is 14.2. The standard InChI is InChI=1S/C29H30ClN5O/c1-19-9-7-8-12-24(19)29-32-27(31-25-15-22(30)13-14-26(25)36)16-28(33-29)34-17-20(2)35(21(3)18-34)23-10-5-4-6-11-23/h4-16,20-21,36H,17-18H2,1-3H3,(H,31,32,33). The van der Waals surface area contributed by atoms with Gasteiger partial charge in [0.2, 0.25) is 0 Å². The molecule has 184 valence electrons. The maximum Gasteiger partial charge on any atom is 0.164 e. The summed E-state index contributed by atoms with van der Waals surface area (Å²) in [6.07, 6.45) is 0. The highest BCUT2D eigenvalue weighted by Crippen LogP contribution is 2.33. The number of hydrogen-bond donors (Lipinski definition) is 2. The smallest absolute Gasteiger partial charge is 0.164 e. The van der Waals surface area contributed by atoms with Gasteiger partial charge >= 0.3 is 0 Å². The third-order valence-electron chi connectivity index (χ3n) is 6.62. The van der Waals surface area contributed by atoms with E-state index in [1.165, 1.54) is 5.69 Å². The third-order valence-corrected chi connectivity index (χ3v) is 6.85. The topological polar surface area (TPSA) is 64.5 Å². The summed E-state index contributed by atoms with van der Waals surface area (Å²) in [4.78, 5) is 14.6. The number of rotatable bonds is 5. The van der Waals surface area contributed by atoms with Crippen LogP contribution in [0.3, 0.4) is 0 Å². The number of para-hydroxylation sites is 1. The lowest BCUT2D eigenvalue weighted by Gasteiger charge is -2.46. The van der Waals surface area contributed by atoms with Crippen LogP contribution >= 0.6 is 11.6 Å². The largest absolute Gasteiger partial charge is 0.506 e. The number of hydrogen-bond acceptors (Lipinski definition) is 6. The monoisotopic (exact) mass is 499 g/mol. The average molecular weight is 500 g/mol. The van der Waals surface area contributed by atoms with Crippen LogP contribution in [0.1, 0.15) is 19.4 Å². The summed E-state index contributed by atoms with van der Waals surface area (Å²) >= 11 is 6.18. The van der Waals surface area contributed by atoms with Crippen LogP contribution in [0.4, 0.5) is 23.0 Å². The highest BCUT2D eigenvalue weighted by molar-refractivity contribution is 6.31. The molecule has 1 fully saturated rings. The molecule has 0 amide bonds. The molecule has 0 saturated carbocycles. The minimum absolute atomic E-state index is 0.107. The molecule has 1 aliphatic rings. The van der Waals surface area contributed by atoms with Gasteiger partial charge in [-0.25, -0.2) is 9.97 Å². The van der Waals surface area contributed by atoms with Crippen LogP contribution in [-0.4, -0.2) is 40.2 Å². The van der Waals surface area contributed by atoms with Gasteiger partial charge in [0.25, 0.3) is 0 Å². The predicted octanol–water partition coefficient (Wildman–Crippen LogP) is 6.66. The van der Waals surface area contributed by atoms with Crippen molar-refractivity contribution >= 4 is 34.6 Å². The van der Waals surface area contributed by atoms with Gasteiger partial charge < -0.3 is 20.2 Å². The lowest BCUT2D eigenvalue weighted by molar-refractivity contribution is 0.472. The molecule has 2 N–H and O–H groups in total. The predicted molar refractivity (Wildman–Crippen MR) is 149 cm³/mol. The minimum atomic E-state index is 0.107. The molecule has 2 atom stereocenters. The summed E-state index contributed by atoms with van der Waals surface area (Å²) in [6, 6.07) is 26.1. The second-order valence-electron chi connectivity index (χ2n) is 9.38. The van der Waals surface area contributed by atoms with E-state index >= 15 is 0 Å². The second-order valence-corrected chi connectivity index (χ2v) is 9.82. The van der Waals surface area contributed by atoms with Crippen LogP contribution in [0.15, 0.2) is 78.9 Å². The normalized spacial score (nSPS) is 17.8. The molecule has 36 heavy (non-hydrogen) atoms. The Morgan fingerprint density at radius 2 is 1.58 bits per heavy atom. The van der Waals surface area contributed by atoms with Gasteiger partial charge in [-0.3, -0.25) is 0 Å². The van der Waals surface area contributed by atoms with Crippen LogP contribution in [0, 0.1) is 6.92 Å². The van der Waals surface area contributed by atoms with Gasteiger partial charge in [-0.2, -0.15) is 0 Å². The number of piperazine rings is 1. The van der Waals surface area contributed by atoms with Crippen molar-refractivity contribution in [2.24, 2.45) is 0 Å². The highest BCUT2D eigenvalue weighted by Gasteiger charge is 2.30. The van der Waals surface area contributed by atoms with E-state index in [1.807, 2.05) is 24.3 Å². The van der Waals surface area contributed by atoms with Crippen LogP contribution < -0.4 is 15.1 Å². The van der Waals surface area contributed by atoms with Gasteiger partial charge in [-0.1, -0.05) is 54.1 Å². The van der Waals surface area contributed by atoms with Crippen LogP contribution in [-0.2, 0) is 0 Å². The van der Waals surface area contributed by atoms with Crippen molar-refractivity contribution in [2.75, 3.05) is 28.2 Å². The first-order chi connectivity index (χ1) is 17.4. The summed E-state index contributed by atoms with van der Waals surface area (Å²) in [5.41, 5.74) is 3.81. The minimum Gasteiger partial charge on any atom is -0.506 e. The zero-order valence-corrected chi connectivity index (χ0v) is 21.4. The lowest BCUT2D eigenvalue weighted by Crippen LogP contribution is -2.57. The maximum absolute atomic E-state index is 10.4. The number of aromatic nitrogens is 2. The first-order valence-corrected chi connectivity index (χ1v) is 12.6. The number of nitrogens with one attached hydrogen (secondary N) is 1. The van der Waals surface area contributed by atoms with Gasteiger partial charge in [-0.15, -0.1) is 0 Å². The zero-order valence-electron chi connectivity index (χ0n) is 20.7. The number of halogens is 1. The molecule has 2 heterocycles. The van der Waals surface area contributed by atoms with Crippen molar-refractivity contribution in [1.29, 1.82) is 0 Å². The number of phenols is 1. The molecule has 0 aliphatic carbocycles. The molecule has 3 aromatic carbocycles. The molecule has 7 heteroatoms. The van der Waals surface area contributed by atoms with Crippen molar-refractivity contribution < 1.29 is 5.11 Å². The second kappa shape index (κ2) is 10.1. The number of nitrogens with zero attached hydrogens (tertiary/aromatic N) is 4.